The molecule has 0 aliphatic carbocycles. The lowest BCUT2D eigenvalue weighted by Crippen LogP contribution is -2.17. The normalized spacial score (nSPS) is 11.1. The Balaban J connectivity index is 2.35. The number of nitrogens with zero attached hydrogens (tertiary/aromatic N) is 4. The van der Waals surface area contributed by atoms with Crippen LogP contribution >= 0.6 is 0 Å². The highest BCUT2D eigenvalue weighted by Gasteiger charge is 2.00. The highest BCUT2D eigenvalue weighted by molar-refractivity contribution is 4.91. The second kappa shape index (κ2) is 5.72. The summed E-state index contributed by atoms with van der Waals surface area (Å²) in [4.78, 5) is 2.04. The Morgan fingerprint density at radius 3 is 2.93 bits per heavy atom. The fourth-order valence-corrected chi connectivity index (χ4v) is 1.13. The minimum absolute atomic E-state index is 0.719. The fraction of sp³-hybridized carbons (Fsp3) is 0.778. The lowest BCUT2D eigenvalue weighted by molar-refractivity contribution is 0.150. The van der Waals surface area contributed by atoms with Crippen LogP contribution in [0.2, 0.25) is 0 Å². The van der Waals surface area contributed by atoms with E-state index in [1.54, 1.807) is 0 Å². The number of aromatic nitrogens is 3. The summed E-state index contributed by atoms with van der Waals surface area (Å²) in [5, 5.41) is 8.05. The van der Waals surface area contributed by atoms with Crippen LogP contribution in [0.15, 0.2) is 6.20 Å². The standard InChI is InChI=1S/C9H18N4O/c1-4-14-6-5-9-7-13(11-10-9)8-12(2)3/h7H,4-6,8H2,1-3H3. The monoisotopic (exact) mass is 198 g/mol. The average Bonchev–Trinajstić information content (AvgIpc) is 2.52. The van der Waals surface area contributed by atoms with Crippen LogP contribution in [-0.4, -0.2) is 47.2 Å². The summed E-state index contributed by atoms with van der Waals surface area (Å²) in [6, 6.07) is 0. The molecule has 0 N–H and O–H groups in total. The van der Waals surface area contributed by atoms with E-state index in [4.69, 9.17) is 4.74 Å². The first-order valence-electron chi connectivity index (χ1n) is 4.84. The van der Waals surface area contributed by atoms with E-state index < -0.39 is 0 Å². The smallest absolute Gasteiger partial charge is 0.0941 e. The molecule has 0 saturated carbocycles. The first-order valence-corrected chi connectivity index (χ1v) is 4.84. The van der Waals surface area contributed by atoms with Crippen molar-refractivity contribution in [2.24, 2.45) is 0 Å². The lowest BCUT2D eigenvalue weighted by Gasteiger charge is -2.07. The van der Waals surface area contributed by atoms with E-state index in [0.717, 1.165) is 32.0 Å². The molecule has 1 heterocycles. The Kier molecular flexibility index (Phi) is 4.55. The zero-order chi connectivity index (χ0) is 10.4. The average molecular weight is 198 g/mol. The third-order valence-corrected chi connectivity index (χ3v) is 1.72. The molecule has 0 aliphatic heterocycles. The van der Waals surface area contributed by atoms with Gasteiger partial charge in [-0.05, 0) is 21.0 Å². The summed E-state index contributed by atoms with van der Waals surface area (Å²) in [6.07, 6.45) is 2.79. The van der Waals surface area contributed by atoms with Crippen molar-refractivity contribution in [3.8, 4) is 0 Å². The van der Waals surface area contributed by atoms with Gasteiger partial charge in [0.05, 0.1) is 25.2 Å². The first-order chi connectivity index (χ1) is 6.72. The van der Waals surface area contributed by atoms with E-state index in [9.17, 15) is 0 Å². The molecule has 0 fully saturated rings. The summed E-state index contributed by atoms with van der Waals surface area (Å²) >= 11 is 0. The molecule has 14 heavy (non-hydrogen) atoms. The van der Waals surface area contributed by atoms with Crippen LogP contribution in [0.4, 0.5) is 0 Å². The molecule has 0 unspecified atom stereocenters. The van der Waals surface area contributed by atoms with Crippen molar-refractivity contribution in [2.75, 3.05) is 27.3 Å². The lowest BCUT2D eigenvalue weighted by atomic mass is 10.3. The number of hydrogen-bond donors (Lipinski definition) is 0. The number of ether oxygens (including phenoxy) is 1. The van der Waals surface area contributed by atoms with Gasteiger partial charge in [-0.1, -0.05) is 5.21 Å². The molecule has 5 nitrogen and oxygen atoms in total. The maximum Gasteiger partial charge on any atom is 0.0941 e. The van der Waals surface area contributed by atoms with Crippen LogP contribution in [0.1, 0.15) is 12.6 Å². The van der Waals surface area contributed by atoms with Crippen molar-refractivity contribution in [1.29, 1.82) is 0 Å². The third-order valence-electron chi connectivity index (χ3n) is 1.72. The molecule has 0 aromatic carbocycles. The topological polar surface area (TPSA) is 43.2 Å². The van der Waals surface area contributed by atoms with Gasteiger partial charge < -0.3 is 4.74 Å². The maximum atomic E-state index is 5.24. The van der Waals surface area contributed by atoms with Crippen molar-refractivity contribution in [2.45, 2.75) is 20.0 Å². The van der Waals surface area contributed by atoms with Crippen molar-refractivity contribution in [3.05, 3.63) is 11.9 Å². The zero-order valence-corrected chi connectivity index (χ0v) is 9.10. The van der Waals surface area contributed by atoms with Crippen LogP contribution < -0.4 is 0 Å². The molecule has 0 radical (unpaired) electrons. The molecule has 0 bridgehead atoms. The second-order valence-electron chi connectivity index (χ2n) is 3.42. The molecule has 1 aromatic heterocycles. The number of rotatable bonds is 6. The predicted molar refractivity (Wildman–Crippen MR) is 53.9 cm³/mol. The van der Waals surface area contributed by atoms with Crippen molar-refractivity contribution in [1.82, 2.24) is 19.9 Å². The molecule has 1 rings (SSSR count). The van der Waals surface area contributed by atoms with Crippen molar-refractivity contribution in [3.63, 3.8) is 0 Å². The van der Waals surface area contributed by atoms with Gasteiger partial charge in [0, 0.05) is 13.0 Å². The van der Waals surface area contributed by atoms with Crippen molar-refractivity contribution >= 4 is 0 Å². The van der Waals surface area contributed by atoms with Gasteiger partial charge in [0.1, 0.15) is 0 Å². The molecule has 0 aliphatic rings. The van der Waals surface area contributed by atoms with Gasteiger partial charge in [0.2, 0.25) is 0 Å². The van der Waals surface area contributed by atoms with Gasteiger partial charge >= 0.3 is 0 Å². The molecular weight excluding hydrogens is 180 g/mol. The molecule has 0 amide bonds. The highest BCUT2D eigenvalue weighted by Crippen LogP contribution is 1.95. The number of hydrogen-bond acceptors (Lipinski definition) is 4. The van der Waals surface area contributed by atoms with Gasteiger partial charge in [-0.2, -0.15) is 0 Å². The van der Waals surface area contributed by atoms with E-state index in [-0.39, 0.29) is 0 Å². The quantitative estimate of drug-likeness (QED) is 0.620. The Labute approximate surface area is 84.7 Å². The van der Waals surface area contributed by atoms with Crippen LogP contribution in [0, 0.1) is 0 Å². The van der Waals surface area contributed by atoms with Crippen LogP contribution in [-0.2, 0) is 17.8 Å². The van der Waals surface area contributed by atoms with Gasteiger partial charge in [-0.25, -0.2) is 4.68 Å². The molecule has 5 heteroatoms. The molecule has 1 aromatic rings. The van der Waals surface area contributed by atoms with E-state index in [2.05, 4.69) is 10.3 Å². The SMILES string of the molecule is CCOCCc1cn(CN(C)C)nn1. The van der Waals surface area contributed by atoms with Crippen LogP contribution in [0.5, 0.6) is 0 Å². The minimum atomic E-state index is 0.719. The van der Waals surface area contributed by atoms with Gasteiger partial charge in [0.25, 0.3) is 0 Å². The summed E-state index contributed by atoms with van der Waals surface area (Å²) in [7, 11) is 4.00. The highest BCUT2D eigenvalue weighted by atomic mass is 16.5. The summed E-state index contributed by atoms with van der Waals surface area (Å²) in [5.41, 5.74) is 0.986. The first kappa shape index (κ1) is 11.1. The minimum Gasteiger partial charge on any atom is -0.381 e. The maximum absolute atomic E-state index is 5.24. The van der Waals surface area contributed by atoms with Crippen molar-refractivity contribution < 1.29 is 4.74 Å². The summed E-state index contributed by atoms with van der Waals surface area (Å²) < 4.78 is 7.06. The van der Waals surface area contributed by atoms with E-state index in [1.807, 2.05) is 36.8 Å². The van der Waals surface area contributed by atoms with Crippen LogP contribution in [0.25, 0.3) is 0 Å². The van der Waals surface area contributed by atoms with Gasteiger partial charge in [-0.15, -0.1) is 5.10 Å². The van der Waals surface area contributed by atoms with E-state index in [1.165, 1.54) is 0 Å². The van der Waals surface area contributed by atoms with Gasteiger partial charge in [-0.3, -0.25) is 4.90 Å². The van der Waals surface area contributed by atoms with E-state index in [0.29, 0.717) is 0 Å². The van der Waals surface area contributed by atoms with Gasteiger partial charge in [0.15, 0.2) is 0 Å². The Morgan fingerprint density at radius 1 is 1.50 bits per heavy atom. The van der Waals surface area contributed by atoms with Crippen LogP contribution in [0.3, 0.4) is 0 Å². The largest absolute Gasteiger partial charge is 0.381 e. The summed E-state index contributed by atoms with van der Waals surface area (Å²) in [6.45, 7) is 4.23. The molecule has 0 spiro atoms. The molecular formula is C9H18N4O. The summed E-state index contributed by atoms with van der Waals surface area (Å²) in [5.74, 6) is 0. The Bertz CT molecular complexity index is 259. The molecule has 80 valence electrons. The Morgan fingerprint density at radius 2 is 2.29 bits per heavy atom. The Hall–Kier alpha value is -0.940. The second-order valence-corrected chi connectivity index (χ2v) is 3.42. The van der Waals surface area contributed by atoms with E-state index >= 15 is 0 Å². The third kappa shape index (κ3) is 3.85. The molecule has 0 saturated heterocycles. The molecule has 0 atom stereocenters. The zero-order valence-electron chi connectivity index (χ0n) is 9.10. The predicted octanol–water partition coefficient (Wildman–Crippen LogP) is 0.376. The fourth-order valence-electron chi connectivity index (χ4n) is 1.13.